The van der Waals surface area contributed by atoms with E-state index in [1.807, 2.05) is 0 Å². The van der Waals surface area contributed by atoms with E-state index in [-0.39, 0.29) is 24.0 Å². The van der Waals surface area contributed by atoms with Gasteiger partial charge in [0.25, 0.3) is 0 Å². The van der Waals surface area contributed by atoms with Crippen molar-refractivity contribution >= 4 is 17.7 Å². The number of ether oxygens (including phenoxy) is 1. The first kappa shape index (κ1) is 16.3. The van der Waals surface area contributed by atoms with Crippen LogP contribution in [0, 0.1) is 0 Å². The number of aromatic nitrogens is 1. The third kappa shape index (κ3) is 4.48. The Morgan fingerprint density at radius 3 is 2.68 bits per heavy atom. The smallest absolute Gasteiger partial charge is 0.356 e. The minimum atomic E-state index is -0.641. The molecule has 8 heteroatoms. The number of aliphatic hydroxyl groups is 2. The van der Waals surface area contributed by atoms with Crippen molar-refractivity contribution in [3.05, 3.63) is 23.9 Å². The molecule has 0 aromatic carbocycles. The Morgan fingerprint density at radius 2 is 2.05 bits per heavy atom. The van der Waals surface area contributed by atoms with Crippen LogP contribution in [-0.4, -0.2) is 70.9 Å². The van der Waals surface area contributed by atoms with Crippen LogP contribution in [0.25, 0.3) is 0 Å². The van der Waals surface area contributed by atoms with E-state index in [2.05, 4.69) is 15.0 Å². The zero-order valence-corrected chi connectivity index (χ0v) is 12.2. The first-order valence-corrected chi connectivity index (χ1v) is 6.91. The van der Waals surface area contributed by atoms with Crippen molar-refractivity contribution in [1.29, 1.82) is 0 Å². The second kappa shape index (κ2) is 7.30. The molecule has 120 valence electrons. The van der Waals surface area contributed by atoms with Gasteiger partial charge in [0.15, 0.2) is 5.69 Å². The van der Waals surface area contributed by atoms with Gasteiger partial charge in [-0.3, -0.25) is 9.69 Å². The molecule has 2 rings (SSSR count). The van der Waals surface area contributed by atoms with E-state index in [1.54, 1.807) is 17.0 Å². The van der Waals surface area contributed by atoms with Crippen LogP contribution >= 0.6 is 0 Å². The molecule has 0 saturated carbocycles. The molecule has 0 unspecified atom stereocenters. The quantitative estimate of drug-likeness (QED) is 0.626. The van der Waals surface area contributed by atoms with Crippen LogP contribution in [0.2, 0.25) is 0 Å². The van der Waals surface area contributed by atoms with Gasteiger partial charge in [-0.05, 0) is 12.1 Å². The van der Waals surface area contributed by atoms with Crippen LogP contribution < -0.4 is 5.32 Å². The fourth-order valence-electron chi connectivity index (χ4n) is 2.37. The van der Waals surface area contributed by atoms with E-state index in [4.69, 9.17) is 0 Å². The summed E-state index contributed by atoms with van der Waals surface area (Å²) in [5.74, 6) is -0.680. The van der Waals surface area contributed by atoms with Crippen molar-refractivity contribution < 1.29 is 24.5 Å². The highest BCUT2D eigenvalue weighted by Crippen LogP contribution is 2.11. The summed E-state index contributed by atoms with van der Waals surface area (Å²) in [6, 6.07) is 4.63. The summed E-state index contributed by atoms with van der Waals surface area (Å²) in [4.78, 5) is 29.0. The van der Waals surface area contributed by atoms with Gasteiger partial charge in [-0.2, -0.15) is 0 Å². The van der Waals surface area contributed by atoms with E-state index < -0.39 is 18.2 Å². The SMILES string of the molecule is COC(=O)c1cccc(NC(=O)CN2C[C@H](O)C[C@H](O)C2)n1. The number of carbonyl (C=O) groups is 2. The van der Waals surface area contributed by atoms with Crippen LogP contribution in [0.5, 0.6) is 0 Å². The molecular formula is C14H19N3O5. The minimum Gasteiger partial charge on any atom is -0.464 e. The molecule has 1 aliphatic rings. The lowest BCUT2D eigenvalue weighted by Crippen LogP contribution is -2.48. The lowest BCUT2D eigenvalue weighted by atomic mass is 10.1. The highest BCUT2D eigenvalue weighted by molar-refractivity contribution is 5.92. The van der Waals surface area contributed by atoms with Gasteiger partial charge < -0.3 is 20.3 Å². The van der Waals surface area contributed by atoms with Crippen molar-refractivity contribution in [1.82, 2.24) is 9.88 Å². The molecule has 0 bridgehead atoms. The predicted molar refractivity (Wildman–Crippen MR) is 77.3 cm³/mol. The van der Waals surface area contributed by atoms with E-state index in [0.29, 0.717) is 19.5 Å². The second-order valence-electron chi connectivity index (χ2n) is 5.19. The van der Waals surface area contributed by atoms with Crippen molar-refractivity contribution in [2.24, 2.45) is 0 Å². The predicted octanol–water partition coefficient (Wildman–Crippen LogP) is -0.766. The Kier molecular flexibility index (Phi) is 5.42. The van der Waals surface area contributed by atoms with Gasteiger partial charge in [-0.15, -0.1) is 0 Å². The Labute approximate surface area is 127 Å². The van der Waals surface area contributed by atoms with E-state index in [0.717, 1.165) is 0 Å². The first-order chi connectivity index (χ1) is 10.5. The summed E-state index contributed by atoms with van der Waals surface area (Å²) in [6.07, 6.45) is -0.962. The van der Waals surface area contributed by atoms with Gasteiger partial charge in [-0.25, -0.2) is 9.78 Å². The van der Waals surface area contributed by atoms with Crippen molar-refractivity contribution in [3.8, 4) is 0 Å². The topological polar surface area (TPSA) is 112 Å². The number of methoxy groups -OCH3 is 1. The van der Waals surface area contributed by atoms with Crippen LogP contribution in [0.15, 0.2) is 18.2 Å². The Morgan fingerprint density at radius 1 is 1.36 bits per heavy atom. The molecule has 22 heavy (non-hydrogen) atoms. The summed E-state index contributed by atoms with van der Waals surface area (Å²) in [5, 5.41) is 21.7. The Hall–Kier alpha value is -2.03. The average molecular weight is 309 g/mol. The zero-order valence-electron chi connectivity index (χ0n) is 12.2. The number of amides is 1. The number of hydrogen-bond donors (Lipinski definition) is 3. The number of hydrogen-bond acceptors (Lipinski definition) is 7. The molecule has 2 heterocycles. The van der Waals surface area contributed by atoms with E-state index >= 15 is 0 Å². The number of esters is 1. The molecule has 0 spiro atoms. The molecule has 1 aromatic rings. The number of rotatable bonds is 4. The Balaban J connectivity index is 1.93. The number of piperidine rings is 1. The number of β-amino-alcohol motifs (C(OH)–C–C–N with tert-alkyl or cyclic N) is 2. The van der Waals surface area contributed by atoms with Gasteiger partial charge in [-0.1, -0.05) is 6.07 Å². The molecule has 8 nitrogen and oxygen atoms in total. The number of nitrogens with one attached hydrogen (secondary N) is 1. The zero-order chi connectivity index (χ0) is 16.1. The summed E-state index contributed by atoms with van der Waals surface area (Å²) < 4.78 is 4.56. The molecule has 0 aliphatic carbocycles. The van der Waals surface area contributed by atoms with E-state index in [1.165, 1.54) is 13.2 Å². The van der Waals surface area contributed by atoms with Crippen molar-refractivity contribution in [3.63, 3.8) is 0 Å². The van der Waals surface area contributed by atoms with Gasteiger partial charge >= 0.3 is 5.97 Å². The molecule has 2 atom stereocenters. The molecule has 1 saturated heterocycles. The average Bonchev–Trinajstić information content (AvgIpc) is 2.45. The fourth-order valence-corrected chi connectivity index (χ4v) is 2.37. The molecule has 3 N–H and O–H groups in total. The first-order valence-electron chi connectivity index (χ1n) is 6.91. The molecular weight excluding hydrogens is 290 g/mol. The highest BCUT2D eigenvalue weighted by Gasteiger charge is 2.25. The normalized spacial score (nSPS) is 22.1. The lowest BCUT2D eigenvalue weighted by Gasteiger charge is -2.32. The molecule has 1 aliphatic heterocycles. The standard InChI is InChI=1S/C14H19N3O5/c1-22-14(21)11-3-2-4-12(15-11)16-13(20)8-17-6-9(18)5-10(19)7-17/h2-4,9-10,18-19H,5-8H2,1H3,(H,15,16,20)/t9-,10+. The number of pyridine rings is 1. The number of aliphatic hydroxyl groups excluding tert-OH is 2. The van der Waals surface area contributed by atoms with Crippen LogP contribution in [0.3, 0.4) is 0 Å². The maximum atomic E-state index is 12.0. The van der Waals surface area contributed by atoms with Crippen molar-refractivity contribution in [2.75, 3.05) is 32.1 Å². The van der Waals surface area contributed by atoms with E-state index in [9.17, 15) is 19.8 Å². The molecule has 1 amide bonds. The molecule has 1 fully saturated rings. The third-order valence-corrected chi connectivity index (χ3v) is 3.26. The summed E-state index contributed by atoms with van der Waals surface area (Å²) in [6.45, 7) is 0.693. The van der Waals surface area contributed by atoms with Crippen LogP contribution in [0.1, 0.15) is 16.9 Å². The number of anilines is 1. The second-order valence-corrected chi connectivity index (χ2v) is 5.19. The number of likely N-dealkylation sites (tertiary alicyclic amines) is 1. The van der Waals surface area contributed by atoms with Crippen LogP contribution in [0.4, 0.5) is 5.82 Å². The van der Waals surface area contributed by atoms with Gasteiger partial charge in [0.2, 0.25) is 5.91 Å². The largest absolute Gasteiger partial charge is 0.464 e. The maximum Gasteiger partial charge on any atom is 0.356 e. The highest BCUT2D eigenvalue weighted by atomic mass is 16.5. The summed E-state index contributed by atoms with van der Waals surface area (Å²) in [5.41, 5.74) is 0.101. The summed E-state index contributed by atoms with van der Waals surface area (Å²) >= 11 is 0. The minimum absolute atomic E-state index is 0.0260. The van der Waals surface area contributed by atoms with Crippen LogP contribution in [-0.2, 0) is 9.53 Å². The fraction of sp³-hybridized carbons (Fsp3) is 0.500. The number of nitrogens with zero attached hydrogens (tertiary/aromatic N) is 2. The lowest BCUT2D eigenvalue weighted by molar-refractivity contribution is -0.118. The maximum absolute atomic E-state index is 12.0. The summed E-state index contributed by atoms with van der Waals surface area (Å²) in [7, 11) is 1.25. The number of carbonyl (C=O) groups excluding carboxylic acids is 2. The molecule has 0 radical (unpaired) electrons. The van der Waals surface area contributed by atoms with Gasteiger partial charge in [0.1, 0.15) is 5.82 Å². The van der Waals surface area contributed by atoms with Gasteiger partial charge in [0.05, 0.1) is 25.9 Å². The third-order valence-electron chi connectivity index (χ3n) is 3.26. The molecule has 1 aromatic heterocycles. The monoisotopic (exact) mass is 309 g/mol. The Bertz CT molecular complexity index is 541. The van der Waals surface area contributed by atoms with Crippen molar-refractivity contribution in [2.45, 2.75) is 18.6 Å². The van der Waals surface area contributed by atoms with Gasteiger partial charge in [0, 0.05) is 19.5 Å².